The molecule has 0 aromatic carbocycles. The van der Waals surface area contributed by atoms with Gasteiger partial charge < -0.3 is 0 Å². The van der Waals surface area contributed by atoms with Crippen LogP contribution in [0.25, 0.3) is 0 Å². The molecule has 1 aromatic rings. The van der Waals surface area contributed by atoms with E-state index >= 15 is 0 Å². The largest absolute Gasteiger partial charge is 0.265 e. The third-order valence-electron chi connectivity index (χ3n) is 2.98. The second-order valence-electron chi connectivity index (χ2n) is 4.20. The van der Waals surface area contributed by atoms with Gasteiger partial charge in [0.25, 0.3) is 0 Å². The Labute approximate surface area is 80.2 Å². The highest BCUT2D eigenvalue weighted by atomic mass is 14.6. The lowest BCUT2D eigenvalue weighted by Gasteiger charge is -2.10. The third kappa shape index (κ3) is 2.55. The first-order chi connectivity index (χ1) is 6.36. The van der Waals surface area contributed by atoms with Gasteiger partial charge in [0.1, 0.15) is 0 Å². The van der Waals surface area contributed by atoms with Gasteiger partial charge in [-0.15, -0.1) is 0 Å². The monoisotopic (exact) mass is 175 g/mol. The van der Waals surface area contributed by atoms with Crippen molar-refractivity contribution < 1.29 is 0 Å². The molecular formula is C12H17N. The Bertz CT molecular complexity index is 251. The zero-order valence-electron chi connectivity index (χ0n) is 8.24. The molecule has 1 fully saturated rings. The molecule has 0 radical (unpaired) electrons. The van der Waals surface area contributed by atoms with Gasteiger partial charge in [-0.1, -0.05) is 19.8 Å². The van der Waals surface area contributed by atoms with Gasteiger partial charge in [0.2, 0.25) is 0 Å². The van der Waals surface area contributed by atoms with Gasteiger partial charge in [0.15, 0.2) is 0 Å². The molecule has 2 rings (SSSR count). The Balaban J connectivity index is 1.85. The number of hydrogen-bond donors (Lipinski definition) is 0. The summed E-state index contributed by atoms with van der Waals surface area (Å²) in [6, 6.07) is 4.27. The number of pyridine rings is 1. The molecule has 0 bridgehead atoms. The maximum atomic E-state index is 4.04. The summed E-state index contributed by atoms with van der Waals surface area (Å²) in [5, 5.41) is 0. The van der Waals surface area contributed by atoms with E-state index in [-0.39, 0.29) is 0 Å². The van der Waals surface area contributed by atoms with Crippen molar-refractivity contribution in [3.05, 3.63) is 30.1 Å². The molecule has 1 aliphatic carbocycles. The average molecular weight is 175 g/mol. The lowest BCUT2D eigenvalue weighted by molar-refractivity contribution is 0.592. The standard InChI is InChI=1S/C12H17N/c1-10(2-3-11-4-5-11)12-6-8-13-9-7-12/h6-11H,2-5H2,1H3. The van der Waals surface area contributed by atoms with Crippen LogP contribution in [-0.4, -0.2) is 4.98 Å². The van der Waals surface area contributed by atoms with Gasteiger partial charge >= 0.3 is 0 Å². The molecule has 0 amide bonds. The van der Waals surface area contributed by atoms with Crippen LogP contribution in [0.15, 0.2) is 24.5 Å². The van der Waals surface area contributed by atoms with Crippen molar-refractivity contribution in [1.29, 1.82) is 0 Å². The fourth-order valence-electron chi connectivity index (χ4n) is 1.75. The molecule has 0 spiro atoms. The Hall–Kier alpha value is -0.850. The minimum atomic E-state index is 0.712. The predicted molar refractivity (Wildman–Crippen MR) is 54.6 cm³/mol. The van der Waals surface area contributed by atoms with Crippen LogP contribution >= 0.6 is 0 Å². The maximum Gasteiger partial charge on any atom is 0.0270 e. The van der Waals surface area contributed by atoms with Crippen LogP contribution in [-0.2, 0) is 0 Å². The second kappa shape index (κ2) is 3.91. The molecule has 13 heavy (non-hydrogen) atoms. The predicted octanol–water partition coefficient (Wildman–Crippen LogP) is 3.38. The summed E-state index contributed by atoms with van der Waals surface area (Å²) in [5.74, 6) is 1.77. The van der Waals surface area contributed by atoms with E-state index in [9.17, 15) is 0 Å². The molecule has 0 aliphatic heterocycles. The normalized spacial score (nSPS) is 18.5. The second-order valence-corrected chi connectivity index (χ2v) is 4.20. The first-order valence-electron chi connectivity index (χ1n) is 5.26. The van der Waals surface area contributed by atoms with Gasteiger partial charge in [0.05, 0.1) is 0 Å². The highest BCUT2D eigenvalue weighted by Gasteiger charge is 2.21. The highest BCUT2D eigenvalue weighted by molar-refractivity contribution is 5.14. The van der Waals surface area contributed by atoms with Crippen molar-refractivity contribution in [3.8, 4) is 0 Å². The van der Waals surface area contributed by atoms with Crippen molar-refractivity contribution in [2.45, 2.75) is 38.5 Å². The Morgan fingerprint density at radius 2 is 2.08 bits per heavy atom. The van der Waals surface area contributed by atoms with Crippen molar-refractivity contribution >= 4 is 0 Å². The van der Waals surface area contributed by atoms with Crippen LogP contribution in [0, 0.1) is 5.92 Å². The fraction of sp³-hybridized carbons (Fsp3) is 0.583. The zero-order chi connectivity index (χ0) is 9.10. The Kier molecular flexibility index (Phi) is 2.62. The molecule has 1 saturated carbocycles. The van der Waals surface area contributed by atoms with E-state index in [1.54, 1.807) is 0 Å². The summed E-state index contributed by atoms with van der Waals surface area (Å²) in [4.78, 5) is 4.04. The molecular weight excluding hydrogens is 158 g/mol. The maximum absolute atomic E-state index is 4.04. The van der Waals surface area contributed by atoms with Crippen LogP contribution in [0.2, 0.25) is 0 Å². The number of aromatic nitrogens is 1. The third-order valence-corrected chi connectivity index (χ3v) is 2.98. The minimum Gasteiger partial charge on any atom is -0.265 e. The van der Waals surface area contributed by atoms with Gasteiger partial charge in [-0.05, 0) is 42.4 Å². The van der Waals surface area contributed by atoms with E-state index in [4.69, 9.17) is 0 Å². The van der Waals surface area contributed by atoms with Crippen molar-refractivity contribution in [3.63, 3.8) is 0 Å². The molecule has 1 aromatic heterocycles. The van der Waals surface area contributed by atoms with Crippen LogP contribution in [0.3, 0.4) is 0 Å². The van der Waals surface area contributed by atoms with Gasteiger partial charge in [-0.3, -0.25) is 4.98 Å². The average Bonchev–Trinajstić information content (AvgIpc) is 2.99. The van der Waals surface area contributed by atoms with Crippen molar-refractivity contribution in [2.75, 3.05) is 0 Å². The summed E-state index contributed by atoms with van der Waals surface area (Å²) < 4.78 is 0. The van der Waals surface area contributed by atoms with E-state index in [1.807, 2.05) is 12.4 Å². The SMILES string of the molecule is CC(CCC1CC1)c1ccncc1. The van der Waals surface area contributed by atoms with Crippen molar-refractivity contribution in [2.24, 2.45) is 5.92 Å². The topological polar surface area (TPSA) is 12.9 Å². The van der Waals surface area contributed by atoms with Gasteiger partial charge in [0, 0.05) is 12.4 Å². The van der Waals surface area contributed by atoms with Gasteiger partial charge in [-0.25, -0.2) is 0 Å². The van der Waals surface area contributed by atoms with Crippen LogP contribution in [0.1, 0.15) is 44.1 Å². The van der Waals surface area contributed by atoms with Gasteiger partial charge in [-0.2, -0.15) is 0 Å². The summed E-state index contributed by atoms with van der Waals surface area (Å²) in [6.07, 6.45) is 9.50. The lowest BCUT2D eigenvalue weighted by atomic mass is 9.96. The lowest BCUT2D eigenvalue weighted by Crippen LogP contribution is -1.94. The fourth-order valence-corrected chi connectivity index (χ4v) is 1.75. The minimum absolute atomic E-state index is 0.712. The first kappa shape index (κ1) is 8.74. The molecule has 1 nitrogen and oxygen atoms in total. The molecule has 0 N–H and O–H groups in total. The molecule has 0 saturated heterocycles. The Morgan fingerprint density at radius 3 is 2.69 bits per heavy atom. The summed E-state index contributed by atoms with van der Waals surface area (Å²) in [7, 11) is 0. The molecule has 70 valence electrons. The highest BCUT2D eigenvalue weighted by Crippen LogP contribution is 2.36. The Morgan fingerprint density at radius 1 is 1.38 bits per heavy atom. The molecule has 1 atom stereocenters. The molecule has 1 aliphatic rings. The quantitative estimate of drug-likeness (QED) is 0.683. The zero-order valence-corrected chi connectivity index (χ0v) is 8.24. The first-order valence-corrected chi connectivity index (χ1v) is 5.26. The van der Waals surface area contributed by atoms with E-state index in [1.165, 1.54) is 31.2 Å². The van der Waals surface area contributed by atoms with Crippen LogP contribution < -0.4 is 0 Å². The smallest absolute Gasteiger partial charge is 0.0270 e. The number of hydrogen-bond acceptors (Lipinski definition) is 1. The summed E-state index contributed by atoms with van der Waals surface area (Å²) >= 11 is 0. The number of nitrogens with zero attached hydrogens (tertiary/aromatic N) is 1. The molecule has 1 heteroatoms. The van der Waals surface area contributed by atoms with E-state index in [0.29, 0.717) is 5.92 Å². The molecule has 1 unspecified atom stereocenters. The van der Waals surface area contributed by atoms with Crippen molar-refractivity contribution in [1.82, 2.24) is 4.98 Å². The van der Waals surface area contributed by atoms with E-state index < -0.39 is 0 Å². The van der Waals surface area contributed by atoms with Crippen LogP contribution in [0.4, 0.5) is 0 Å². The number of rotatable bonds is 4. The summed E-state index contributed by atoms with van der Waals surface area (Å²) in [5.41, 5.74) is 1.44. The van der Waals surface area contributed by atoms with Crippen LogP contribution in [0.5, 0.6) is 0 Å². The molecule has 1 heterocycles. The van der Waals surface area contributed by atoms with E-state index in [2.05, 4.69) is 24.0 Å². The summed E-state index contributed by atoms with van der Waals surface area (Å²) in [6.45, 7) is 2.32. The van der Waals surface area contributed by atoms with E-state index in [0.717, 1.165) is 5.92 Å².